The van der Waals surface area contributed by atoms with Crippen molar-refractivity contribution in [3.8, 4) is 22.8 Å². The Kier molecular flexibility index (Phi) is 5.00. The molecule has 4 aromatic rings. The lowest BCUT2D eigenvalue weighted by atomic mass is 10.1. The number of ether oxygens (including phenoxy) is 1. The summed E-state index contributed by atoms with van der Waals surface area (Å²) in [5, 5.41) is 4.74. The zero-order valence-electron chi connectivity index (χ0n) is 16.7. The minimum Gasteiger partial charge on any atom is -0.404 e. The van der Waals surface area contributed by atoms with Gasteiger partial charge in [-0.05, 0) is 44.5 Å². The highest BCUT2D eigenvalue weighted by Gasteiger charge is 2.18. The highest BCUT2D eigenvalue weighted by atomic mass is 16.5. The Morgan fingerprint density at radius 3 is 2.21 bits per heavy atom. The predicted octanol–water partition coefficient (Wildman–Crippen LogP) is 5.68. The minimum absolute atomic E-state index is 0.390. The molecule has 0 N–H and O–H groups in total. The highest BCUT2D eigenvalue weighted by Crippen LogP contribution is 2.28. The van der Waals surface area contributed by atoms with E-state index in [-0.39, 0.29) is 0 Å². The Hall–Kier alpha value is -3.66. The smallest absolute Gasteiger partial charge is 0.344 e. The van der Waals surface area contributed by atoms with Crippen molar-refractivity contribution in [2.24, 2.45) is 0 Å². The molecule has 0 aliphatic heterocycles. The van der Waals surface area contributed by atoms with Gasteiger partial charge in [0, 0.05) is 11.6 Å². The molecular formula is C25H22N2O2. The molecule has 0 bridgehead atoms. The van der Waals surface area contributed by atoms with E-state index < -0.39 is 5.97 Å². The maximum Gasteiger partial charge on any atom is 0.344 e. The van der Waals surface area contributed by atoms with Gasteiger partial charge in [-0.15, -0.1) is 0 Å². The monoisotopic (exact) mass is 382 g/mol. The second kappa shape index (κ2) is 7.76. The number of carbonyl (C=O) groups excluding carboxylic acids is 1. The minimum atomic E-state index is -0.407. The third kappa shape index (κ3) is 3.97. The van der Waals surface area contributed by atoms with E-state index in [1.54, 1.807) is 22.9 Å². The summed E-state index contributed by atoms with van der Waals surface area (Å²) in [7, 11) is 0. The van der Waals surface area contributed by atoms with Crippen molar-refractivity contribution >= 4 is 5.97 Å². The molecule has 0 aliphatic rings. The van der Waals surface area contributed by atoms with Crippen LogP contribution in [0.5, 0.6) is 5.88 Å². The first-order chi connectivity index (χ1) is 14.0. The molecule has 0 spiro atoms. The lowest BCUT2D eigenvalue weighted by Crippen LogP contribution is -2.12. The molecule has 29 heavy (non-hydrogen) atoms. The summed E-state index contributed by atoms with van der Waals surface area (Å²) >= 11 is 0. The van der Waals surface area contributed by atoms with Crippen LogP contribution in [0, 0.1) is 20.8 Å². The molecule has 4 heteroatoms. The van der Waals surface area contributed by atoms with Crippen LogP contribution in [-0.2, 0) is 0 Å². The van der Waals surface area contributed by atoms with Crippen LogP contribution in [0.3, 0.4) is 0 Å². The fourth-order valence-corrected chi connectivity index (χ4v) is 3.25. The standard InChI is InChI=1S/C25H22N2O2/c1-17-9-12-21(13-10-17)25(28)29-24-16-22(20-7-5-4-6-8-20)26-27(24)23-14-11-18(2)15-19(23)3/h4-16H,1-3H3. The van der Waals surface area contributed by atoms with Gasteiger partial charge in [-0.2, -0.15) is 9.78 Å². The molecule has 1 heterocycles. The lowest BCUT2D eigenvalue weighted by molar-refractivity contribution is 0.0723. The second-order valence-corrected chi connectivity index (χ2v) is 7.19. The Morgan fingerprint density at radius 1 is 0.828 bits per heavy atom. The van der Waals surface area contributed by atoms with Crippen molar-refractivity contribution in [1.82, 2.24) is 9.78 Å². The summed E-state index contributed by atoms with van der Waals surface area (Å²) in [6.45, 7) is 6.06. The van der Waals surface area contributed by atoms with Gasteiger partial charge in [-0.25, -0.2) is 4.79 Å². The summed E-state index contributed by atoms with van der Waals surface area (Å²) < 4.78 is 7.47. The van der Waals surface area contributed by atoms with Crippen LogP contribution in [0.15, 0.2) is 78.9 Å². The van der Waals surface area contributed by atoms with Gasteiger partial charge in [-0.1, -0.05) is 65.7 Å². The second-order valence-electron chi connectivity index (χ2n) is 7.19. The Labute approximate surface area is 170 Å². The van der Waals surface area contributed by atoms with Gasteiger partial charge in [0.2, 0.25) is 5.88 Å². The van der Waals surface area contributed by atoms with Crippen LogP contribution in [0.25, 0.3) is 16.9 Å². The van der Waals surface area contributed by atoms with Gasteiger partial charge in [0.15, 0.2) is 0 Å². The Balaban J connectivity index is 1.77. The molecule has 0 atom stereocenters. The molecule has 0 amide bonds. The molecule has 0 saturated carbocycles. The number of hydrogen-bond donors (Lipinski definition) is 0. The molecule has 3 aromatic carbocycles. The number of carbonyl (C=O) groups is 1. The fourth-order valence-electron chi connectivity index (χ4n) is 3.25. The van der Waals surface area contributed by atoms with Gasteiger partial charge in [0.1, 0.15) is 0 Å². The largest absolute Gasteiger partial charge is 0.404 e. The number of esters is 1. The van der Waals surface area contributed by atoms with Gasteiger partial charge < -0.3 is 4.74 Å². The molecule has 144 valence electrons. The molecule has 1 aromatic heterocycles. The highest BCUT2D eigenvalue weighted by molar-refractivity contribution is 5.91. The van der Waals surface area contributed by atoms with Gasteiger partial charge in [0.05, 0.1) is 16.9 Å². The summed E-state index contributed by atoms with van der Waals surface area (Å²) in [5.41, 5.74) is 6.41. The maximum atomic E-state index is 12.7. The predicted molar refractivity (Wildman–Crippen MR) is 115 cm³/mol. The van der Waals surface area contributed by atoms with Crippen molar-refractivity contribution < 1.29 is 9.53 Å². The van der Waals surface area contributed by atoms with E-state index in [1.165, 1.54) is 5.56 Å². The van der Waals surface area contributed by atoms with Crippen LogP contribution in [0.4, 0.5) is 0 Å². The first-order valence-corrected chi connectivity index (χ1v) is 9.53. The third-order valence-electron chi connectivity index (χ3n) is 4.81. The van der Waals surface area contributed by atoms with Gasteiger partial charge >= 0.3 is 5.97 Å². The fraction of sp³-hybridized carbons (Fsp3) is 0.120. The molecular weight excluding hydrogens is 360 g/mol. The molecule has 0 radical (unpaired) electrons. The summed E-state index contributed by atoms with van der Waals surface area (Å²) in [6.07, 6.45) is 0. The topological polar surface area (TPSA) is 44.1 Å². The van der Waals surface area contributed by atoms with E-state index in [9.17, 15) is 4.79 Å². The van der Waals surface area contributed by atoms with Crippen molar-refractivity contribution in [2.45, 2.75) is 20.8 Å². The SMILES string of the molecule is Cc1ccc(C(=O)Oc2cc(-c3ccccc3)nn2-c2ccc(C)cc2C)cc1. The van der Waals surface area contributed by atoms with Crippen molar-refractivity contribution in [3.05, 3.63) is 101 Å². The average Bonchev–Trinajstić information content (AvgIpc) is 3.12. The molecule has 0 saturated heterocycles. The van der Waals surface area contributed by atoms with E-state index in [0.29, 0.717) is 11.4 Å². The zero-order valence-corrected chi connectivity index (χ0v) is 16.7. The molecule has 0 aliphatic carbocycles. The Morgan fingerprint density at radius 2 is 1.52 bits per heavy atom. The summed E-state index contributed by atoms with van der Waals surface area (Å²) in [6, 6.07) is 25.1. The van der Waals surface area contributed by atoms with E-state index >= 15 is 0 Å². The van der Waals surface area contributed by atoms with Gasteiger partial charge in [0.25, 0.3) is 0 Å². The van der Waals surface area contributed by atoms with E-state index in [4.69, 9.17) is 9.84 Å². The Bertz CT molecular complexity index is 1160. The molecule has 0 fully saturated rings. The molecule has 4 nitrogen and oxygen atoms in total. The van der Waals surface area contributed by atoms with Crippen LogP contribution in [0.1, 0.15) is 27.0 Å². The number of benzene rings is 3. The van der Waals surface area contributed by atoms with E-state index in [2.05, 4.69) is 6.07 Å². The number of aromatic nitrogens is 2. The lowest BCUT2D eigenvalue weighted by Gasteiger charge is -2.11. The summed E-state index contributed by atoms with van der Waals surface area (Å²) in [4.78, 5) is 12.7. The first kappa shape index (κ1) is 18.7. The van der Waals surface area contributed by atoms with Crippen LogP contribution in [-0.4, -0.2) is 15.7 Å². The van der Waals surface area contributed by atoms with Crippen molar-refractivity contribution in [3.63, 3.8) is 0 Å². The molecule has 0 unspecified atom stereocenters. The number of hydrogen-bond acceptors (Lipinski definition) is 3. The third-order valence-corrected chi connectivity index (χ3v) is 4.81. The first-order valence-electron chi connectivity index (χ1n) is 9.53. The van der Waals surface area contributed by atoms with Crippen molar-refractivity contribution in [1.29, 1.82) is 0 Å². The number of aryl methyl sites for hydroxylation is 3. The normalized spacial score (nSPS) is 10.7. The van der Waals surface area contributed by atoms with Crippen LogP contribution in [0.2, 0.25) is 0 Å². The van der Waals surface area contributed by atoms with Crippen LogP contribution < -0.4 is 4.74 Å². The van der Waals surface area contributed by atoms with Crippen molar-refractivity contribution in [2.75, 3.05) is 0 Å². The quantitative estimate of drug-likeness (QED) is 0.426. The number of rotatable bonds is 4. The van der Waals surface area contributed by atoms with Crippen LogP contribution >= 0.6 is 0 Å². The van der Waals surface area contributed by atoms with E-state index in [0.717, 1.165) is 28.1 Å². The summed E-state index contributed by atoms with van der Waals surface area (Å²) in [5.74, 6) is -0.0168. The maximum absolute atomic E-state index is 12.7. The number of nitrogens with zero attached hydrogens (tertiary/aromatic N) is 2. The zero-order chi connectivity index (χ0) is 20.4. The molecule has 4 rings (SSSR count). The van der Waals surface area contributed by atoms with E-state index in [1.807, 2.05) is 75.4 Å². The average molecular weight is 382 g/mol. The van der Waals surface area contributed by atoms with Gasteiger partial charge in [-0.3, -0.25) is 0 Å².